The smallest absolute Gasteiger partial charge is 0.251 e. The lowest BCUT2D eigenvalue weighted by Gasteiger charge is -2.17. The average molecular weight is 297 g/mol. The first kappa shape index (κ1) is 16.7. The summed E-state index contributed by atoms with van der Waals surface area (Å²) in [4.78, 5) is 26.6. The van der Waals surface area contributed by atoms with Gasteiger partial charge in [0, 0.05) is 17.8 Å². The fourth-order valence-electron chi connectivity index (χ4n) is 2.00. The Bertz CT molecular complexity index is 493. The predicted molar refractivity (Wildman–Crippen MR) is 83.3 cm³/mol. The number of nitrogens with two attached hydrogens (primary N) is 1. The molecule has 0 atom stereocenters. The van der Waals surface area contributed by atoms with E-state index in [1.54, 1.807) is 0 Å². The Morgan fingerprint density at radius 2 is 1.85 bits per heavy atom. The zero-order valence-corrected chi connectivity index (χ0v) is 13.4. The molecule has 20 heavy (non-hydrogen) atoms. The first-order valence-electron chi connectivity index (χ1n) is 6.82. The number of carbonyl (C=O) groups is 2. The Hall–Kier alpha value is -1.40. The van der Waals surface area contributed by atoms with Crippen LogP contribution >= 0.6 is 11.3 Å². The molecule has 0 aromatic carbocycles. The molecule has 0 fully saturated rings. The highest BCUT2D eigenvalue weighted by molar-refractivity contribution is 7.16. The van der Waals surface area contributed by atoms with Crippen molar-refractivity contribution in [1.82, 2.24) is 4.90 Å². The van der Waals surface area contributed by atoms with Gasteiger partial charge in [-0.3, -0.25) is 9.59 Å². The fraction of sp³-hybridized carbons (Fsp3) is 0.571. The number of thiophene rings is 1. The molecule has 1 aromatic rings. The largest absolute Gasteiger partial charge is 0.365 e. The highest BCUT2D eigenvalue weighted by atomic mass is 32.1. The summed E-state index contributed by atoms with van der Waals surface area (Å²) < 4.78 is 0. The molecule has 0 radical (unpaired) electrons. The van der Waals surface area contributed by atoms with Crippen LogP contribution in [0.1, 0.15) is 41.1 Å². The summed E-state index contributed by atoms with van der Waals surface area (Å²) in [5.41, 5.74) is 6.66. The quantitative estimate of drug-likeness (QED) is 0.809. The van der Waals surface area contributed by atoms with Crippen molar-refractivity contribution in [3.8, 4) is 0 Å². The van der Waals surface area contributed by atoms with Gasteiger partial charge in [0.15, 0.2) is 0 Å². The third-order valence-electron chi connectivity index (χ3n) is 3.43. The van der Waals surface area contributed by atoms with Crippen LogP contribution in [-0.4, -0.2) is 36.3 Å². The van der Waals surface area contributed by atoms with E-state index in [-0.39, 0.29) is 5.91 Å². The van der Waals surface area contributed by atoms with E-state index in [1.807, 2.05) is 13.8 Å². The van der Waals surface area contributed by atoms with Crippen LogP contribution in [0.15, 0.2) is 0 Å². The van der Waals surface area contributed by atoms with E-state index >= 15 is 0 Å². The lowest BCUT2D eigenvalue weighted by molar-refractivity contribution is -0.116. The van der Waals surface area contributed by atoms with Gasteiger partial charge in [-0.25, -0.2) is 0 Å². The van der Waals surface area contributed by atoms with Crippen molar-refractivity contribution in [3.63, 3.8) is 0 Å². The average Bonchev–Trinajstić information content (AvgIpc) is 2.65. The third-order valence-corrected chi connectivity index (χ3v) is 4.56. The maximum atomic E-state index is 12.0. The van der Waals surface area contributed by atoms with Crippen LogP contribution in [0.4, 0.5) is 5.00 Å². The molecule has 0 saturated carbocycles. The molecular weight excluding hydrogens is 274 g/mol. The maximum Gasteiger partial charge on any atom is 0.251 e. The minimum absolute atomic E-state index is 0.0827. The van der Waals surface area contributed by atoms with Gasteiger partial charge >= 0.3 is 0 Å². The number of carbonyl (C=O) groups excluding carboxylic acids is 2. The van der Waals surface area contributed by atoms with Gasteiger partial charge in [-0.1, -0.05) is 13.8 Å². The van der Waals surface area contributed by atoms with Gasteiger partial charge in [0.1, 0.15) is 5.00 Å². The topological polar surface area (TPSA) is 75.4 Å². The van der Waals surface area contributed by atoms with Gasteiger partial charge in [0.25, 0.3) is 5.91 Å². The molecule has 0 unspecified atom stereocenters. The Morgan fingerprint density at radius 3 is 2.35 bits per heavy atom. The third kappa shape index (κ3) is 4.05. The summed E-state index contributed by atoms with van der Waals surface area (Å²) in [6.07, 6.45) is 0.413. The fourth-order valence-corrected chi connectivity index (χ4v) is 3.08. The van der Waals surface area contributed by atoms with Crippen molar-refractivity contribution in [2.24, 2.45) is 5.73 Å². The van der Waals surface area contributed by atoms with E-state index in [9.17, 15) is 9.59 Å². The van der Waals surface area contributed by atoms with Gasteiger partial charge in [0.2, 0.25) is 5.91 Å². The van der Waals surface area contributed by atoms with E-state index in [2.05, 4.69) is 24.1 Å². The van der Waals surface area contributed by atoms with Crippen LogP contribution in [0.5, 0.6) is 0 Å². The molecule has 112 valence electrons. The monoisotopic (exact) mass is 297 g/mol. The zero-order valence-electron chi connectivity index (χ0n) is 12.6. The second-order valence-electron chi connectivity index (χ2n) is 4.68. The summed E-state index contributed by atoms with van der Waals surface area (Å²) >= 11 is 1.40. The minimum atomic E-state index is -0.495. The van der Waals surface area contributed by atoms with E-state index in [0.717, 1.165) is 23.5 Å². The molecule has 1 aromatic heterocycles. The van der Waals surface area contributed by atoms with Crippen molar-refractivity contribution in [2.45, 2.75) is 34.1 Å². The van der Waals surface area contributed by atoms with Crippen molar-refractivity contribution in [2.75, 3.05) is 25.0 Å². The molecule has 1 rings (SSSR count). The SMILES string of the molecule is CCN(CC)CCC(=O)Nc1sc(C)c(C)c1C(N)=O. The van der Waals surface area contributed by atoms with Crippen LogP contribution in [0.25, 0.3) is 0 Å². The normalized spacial score (nSPS) is 10.8. The second kappa shape index (κ2) is 7.40. The summed E-state index contributed by atoms with van der Waals surface area (Å²) in [7, 11) is 0. The van der Waals surface area contributed by atoms with E-state index in [4.69, 9.17) is 5.73 Å². The lowest BCUT2D eigenvalue weighted by atomic mass is 10.1. The van der Waals surface area contributed by atoms with Gasteiger partial charge in [-0.05, 0) is 32.5 Å². The van der Waals surface area contributed by atoms with E-state index in [1.165, 1.54) is 11.3 Å². The zero-order chi connectivity index (χ0) is 15.3. The molecule has 6 heteroatoms. The molecule has 0 bridgehead atoms. The Balaban J connectivity index is 2.71. The first-order chi connectivity index (χ1) is 9.40. The van der Waals surface area contributed by atoms with Crippen molar-refractivity contribution < 1.29 is 9.59 Å². The molecule has 0 aliphatic heterocycles. The number of rotatable bonds is 7. The number of amides is 2. The standard InChI is InChI=1S/C14H23N3O2S/c1-5-17(6-2)8-7-11(18)16-14-12(13(15)19)9(3)10(4)20-14/h5-8H2,1-4H3,(H2,15,19)(H,16,18). The molecule has 3 N–H and O–H groups in total. The molecule has 2 amide bonds. The molecule has 1 heterocycles. The molecule has 0 saturated heterocycles. The lowest BCUT2D eigenvalue weighted by Crippen LogP contribution is -2.27. The molecular formula is C14H23N3O2S. The molecule has 0 spiro atoms. The van der Waals surface area contributed by atoms with Crippen molar-refractivity contribution >= 4 is 28.2 Å². The van der Waals surface area contributed by atoms with Crippen LogP contribution in [-0.2, 0) is 4.79 Å². The van der Waals surface area contributed by atoms with E-state index < -0.39 is 5.91 Å². The van der Waals surface area contributed by atoms with Gasteiger partial charge in [-0.15, -0.1) is 11.3 Å². The molecule has 0 aliphatic rings. The predicted octanol–water partition coefficient (Wildman–Crippen LogP) is 2.13. The number of hydrogen-bond acceptors (Lipinski definition) is 4. The number of nitrogens with zero attached hydrogens (tertiary/aromatic N) is 1. The Morgan fingerprint density at radius 1 is 1.25 bits per heavy atom. The molecule has 0 aliphatic carbocycles. The molecule has 5 nitrogen and oxygen atoms in total. The summed E-state index contributed by atoms with van der Waals surface area (Å²) in [5.74, 6) is -0.577. The number of primary amides is 1. The highest BCUT2D eigenvalue weighted by Gasteiger charge is 2.18. The van der Waals surface area contributed by atoms with Crippen LogP contribution in [0, 0.1) is 13.8 Å². The van der Waals surface area contributed by atoms with Gasteiger partial charge < -0.3 is 16.0 Å². The number of hydrogen-bond donors (Lipinski definition) is 2. The number of nitrogens with one attached hydrogen (secondary N) is 1. The second-order valence-corrected chi connectivity index (χ2v) is 5.90. The van der Waals surface area contributed by atoms with Gasteiger partial charge in [0.05, 0.1) is 5.56 Å². The van der Waals surface area contributed by atoms with Crippen molar-refractivity contribution in [3.05, 3.63) is 16.0 Å². The van der Waals surface area contributed by atoms with Crippen LogP contribution < -0.4 is 11.1 Å². The maximum absolute atomic E-state index is 12.0. The van der Waals surface area contributed by atoms with Crippen LogP contribution in [0.2, 0.25) is 0 Å². The first-order valence-corrected chi connectivity index (χ1v) is 7.64. The minimum Gasteiger partial charge on any atom is -0.365 e. The highest BCUT2D eigenvalue weighted by Crippen LogP contribution is 2.32. The summed E-state index contributed by atoms with van der Waals surface area (Å²) in [6, 6.07) is 0. The Kier molecular flexibility index (Phi) is 6.16. The number of anilines is 1. The van der Waals surface area contributed by atoms with E-state index in [0.29, 0.717) is 23.5 Å². The summed E-state index contributed by atoms with van der Waals surface area (Å²) in [6.45, 7) is 10.5. The summed E-state index contributed by atoms with van der Waals surface area (Å²) in [5, 5.41) is 3.38. The van der Waals surface area contributed by atoms with Crippen LogP contribution in [0.3, 0.4) is 0 Å². The Labute approximate surface area is 124 Å². The van der Waals surface area contributed by atoms with Crippen molar-refractivity contribution in [1.29, 1.82) is 0 Å². The number of aryl methyl sites for hydroxylation is 1. The van der Waals surface area contributed by atoms with Gasteiger partial charge in [-0.2, -0.15) is 0 Å².